The van der Waals surface area contributed by atoms with Crippen LogP contribution in [0.25, 0.3) is 0 Å². The van der Waals surface area contributed by atoms with Gasteiger partial charge in [0.05, 0.1) is 11.5 Å². The smallest absolute Gasteiger partial charge is 0.350 e. The van der Waals surface area contributed by atoms with Gasteiger partial charge in [0, 0.05) is 19.1 Å². The van der Waals surface area contributed by atoms with E-state index in [4.69, 9.17) is 9.47 Å². The van der Waals surface area contributed by atoms with Gasteiger partial charge >= 0.3 is 11.9 Å². The zero-order valence-electron chi connectivity index (χ0n) is 13.4. The first kappa shape index (κ1) is 19.0. The van der Waals surface area contributed by atoms with Gasteiger partial charge in [-0.2, -0.15) is 0 Å². The molecule has 0 aliphatic carbocycles. The molecule has 1 unspecified atom stereocenters. The predicted molar refractivity (Wildman–Crippen MR) is 80.0 cm³/mol. The minimum atomic E-state index is -2.02. The Bertz CT molecular complexity index is 644. The second-order valence-corrected chi connectivity index (χ2v) is 4.66. The first-order valence-electron chi connectivity index (χ1n) is 7.05. The van der Waals surface area contributed by atoms with E-state index in [1.165, 1.54) is 6.92 Å². The van der Waals surface area contributed by atoms with Crippen LogP contribution in [0, 0.1) is 10.1 Å². The maximum absolute atomic E-state index is 12.4. The number of nitrogens with one attached hydrogen (secondary N) is 1. The monoisotopic (exact) mass is 339 g/mol. The number of esters is 2. The van der Waals surface area contributed by atoms with Crippen molar-refractivity contribution in [1.29, 1.82) is 0 Å². The van der Waals surface area contributed by atoms with Gasteiger partial charge in [0.2, 0.25) is 17.3 Å². The van der Waals surface area contributed by atoms with Gasteiger partial charge in [0.25, 0.3) is 5.69 Å². The molecule has 1 amide bonds. The third kappa shape index (κ3) is 4.24. The molecular weight excluding hydrogens is 322 g/mol. The number of carbonyl (C=O) groups excluding carboxylic acids is 3. The quantitative estimate of drug-likeness (QED) is 0.332. The Morgan fingerprint density at radius 1 is 1.29 bits per heavy atom. The second kappa shape index (κ2) is 7.99. The molecule has 0 saturated heterocycles. The summed E-state index contributed by atoms with van der Waals surface area (Å²) >= 11 is 0. The van der Waals surface area contributed by atoms with Gasteiger partial charge in [0.1, 0.15) is 6.20 Å². The van der Waals surface area contributed by atoms with Crippen molar-refractivity contribution < 1.29 is 28.8 Å². The predicted octanol–water partition coefficient (Wildman–Crippen LogP) is 0.743. The fourth-order valence-corrected chi connectivity index (χ4v) is 1.84. The molecule has 0 aromatic carbocycles. The van der Waals surface area contributed by atoms with Crippen molar-refractivity contribution in [2.75, 3.05) is 6.61 Å². The summed E-state index contributed by atoms with van der Waals surface area (Å²) in [6.45, 7) is 4.19. The minimum absolute atomic E-state index is 0.00320. The lowest BCUT2D eigenvalue weighted by atomic mass is 9.96. The highest BCUT2D eigenvalue weighted by molar-refractivity contribution is 6.08. The van der Waals surface area contributed by atoms with Gasteiger partial charge in [-0.1, -0.05) is 6.92 Å². The van der Waals surface area contributed by atoms with Crippen LogP contribution in [0.15, 0.2) is 18.3 Å². The molecule has 1 aromatic rings. The zero-order chi connectivity index (χ0) is 18.3. The summed E-state index contributed by atoms with van der Waals surface area (Å²) in [5.74, 6) is -2.94. The number of carbonyl (C=O) groups is 3. The van der Waals surface area contributed by atoms with Crippen LogP contribution in [0.1, 0.15) is 27.2 Å². The lowest BCUT2D eigenvalue weighted by molar-refractivity contribution is -0.385. The summed E-state index contributed by atoms with van der Waals surface area (Å²) in [5.41, 5.74) is -2.31. The molecule has 24 heavy (non-hydrogen) atoms. The second-order valence-electron chi connectivity index (χ2n) is 4.66. The fourth-order valence-electron chi connectivity index (χ4n) is 1.84. The van der Waals surface area contributed by atoms with Crippen LogP contribution in [0.2, 0.25) is 0 Å². The number of aromatic nitrogens is 1. The van der Waals surface area contributed by atoms with Crippen LogP contribution in [-0.2, 0) is 19.1 Å². The molecule has 0 bridgehead atoms. The Morgan fingerprint density at radius 3 is 2.38 bits per heavy atom. The maximum atomic E-state index is 12.4. The van der Waals surface area contributed by atoms with E-state index in [2.05, 4.69) is 10.3 Å². The Hall–Kier alpha value is -3.04. The van der Waals surface area contributed by atoms with Gasteiger partial charge < -0.3 is 14.8 Å². The Labute approximate surface area is 137 Å². The van der Waals surface area contributed by atoms with Crippen molar-refractivity contribution in [3.8, 4) is 5.88 Å². The van der Waals surface area contributed by atoms with Gasteiger partial charge in [-0.05, 0) is 13.3 Å². The molecule has 0 spiro atoms. The molecule has 1 atom stereocenters. The van der Waals surface area contributed by atoms with E-state index in [9.17, 15) is 24.5 Å². The van der Waals surface area contributed by atoms with E-state index >= 15 is 0 Å². The molecule has 0 aliphatic heterocycles. The van der Waals surface area contributed by atoms with Crippen molar-refractivity contribution in [2.24, 2.45) is 0 Å². The normalized spacial score (nSPS) is 12.6. The fraction of sp³-hybridized carbons (Fsp3) is 0.429. The number of nitrogens with zero attached hydrogens (tertiary/aromatic N) is 2. The maximum Gasteiger partial charge on any atom is 0.350 e. The van der Waals surface area contributed by atoms with Crippen molar-refractivity contribution >= 4 is 23.5 Å². The number of hydrogen-bond acceptors (Lipinski definition) is 8. The SMILES string of the molecule is CCOC(=O)C(CC)(NC(C)=O)C(=O)Oc1ccc([N+](=O)[O-])cn1. The van der Waals surface area contributed by atoms with Crippen LogP contribution in [0.5, 0.6) is 5.88 Å². The lowest BCUT2D eigenvalue weighted by Crippen LogP contribution is -2.61. The van der Waals surface area contributed by atoms with E-state index in [-0.39, 0.29) is 24.6 Å². The number of hydrogen-bond donors (Lipinski definition) is 1. The molecule has 0 saturated carbocycles. The Balaban J connectivity index is 3.08. The summed E-state index contributed by atoms with van der Waals surface area (Å²) in [5, 5.41) is 12.8. The van der Waals surface area contributed by atoms with Crippen molar-refractivity contribution in [2.45, 2.75) is 32.7 Å². The number of nitro groups is 1. The molecule has 1 heterocycles. The van der Waals surface area contributed by atoms with Crippen LogP contribution < -0.4 is 10.1 Å². The highest BCUT2D eigenvalue weighted by Gasteiger charge is 2.49. The van der Waals surface area contributed by atoms with Crippen LogP contribution in [-0.4, -0.2) is 39.9 Å². The molecule has 0 aliphatic rings. The van der Waals surface area contributed by atoms with E-state index in [1.54, 1.807) is 6.92 Å². The van der Waals surface area contributed by atoms with Crippen LogP contribution >= 0.6 is 0 Å². The van der Waals surface area contributed by atoms with E-state index in [1.807, 2.05) is 0 Å². The molecule has 1 rings (SSSR count). The molecule has 10 heteroatoms. The molecule has 130 valence electrons. The van der Waals surface area contributed by atoms with Crippen LogP contribution in [0.4, 0.5) is 5.69 Å². The van der Waals surface area contributed by atoms with E-state index in [0.29, 0.717) is 0 Å². The lowest BCUT2D eigenvalue weighted by Gasteiger charge is -2.28. The number of amides is 1. The number of ether oxygens (including phenoxy) is 2. The van der Waals surface area contributed by atoms with Gasteiger partial charge in [-0.3, -0.25) is 14.9 Å². The van der Waals surface area contributed by atoms with Gasteiger partial charge in [0.15, 0.2) is 0 Å². The molecule has 0 radical (unpaired) electrons. The largest absolute Gasteiger partial charge is 0.464 e. The summed E-state index contributed by atoms with van der Waals surface area (Å²) in [4.78, 5) is 49.5. The van der Waals surface area contributed by atoms with E-state index < -0.39 is 28.3 Å². The van der Waals surface area contributed by atoms with Crippen molar-refractivity contribution in [1.82, 2.24) is 10.3 Å². The highest BCUT2D eigenvalue weighted by Crippen LogP contribution is 2.19. The zero-order valence-corrected chi connectivity index (χ0v) is 13.4. The molecule has 10 nitrogen and oxygen atoms in total. The Kier molecular flexibility index (Phi) is 6.33. The first-order valence-corrected chi connectivity index (χ1v) is 7.05. The summed E-state index contributed by atoms with van der Waals surface area (Å²) < 4.78 is 9.83. The highest BCUT2D eigenvalue weighted by atomic mass is 16.6. The summed E-state index contributed by atoms with van der Waals surface area (Å²) in [6, 6.07) is 2.20. The molecule has 1 N–H and O–H groups in total. The van der Waals surface area contributed by atoms with Crippen molar-refractivity contribution in [3.63, 3.8) is 0 Å². The average molecular weight is 339 g/mol. The van der Waals surface area contributed by atoms with Crippen molar-refractivity contribution in [3.05, 3.63) is 28.4 Å². The molecular formula is C14H17N3O7. The standard InChI is InChI=1S/C14H17N3O7/c1-4-14(16-9(3)18,12(19)23-5-2)13(20)24-11-7-6-10(8-15-11)17(21)22/h6-8H,4-5H2,1-3H3,(H,16,18). The minimum Gasteiger partial charge on any atom is -0.464 e. The van der Waals surface area contributed by atoms with Gasteiger partial charge in [-0.25, -0.2) is 14.6 Å². The number of pyridine rings is 1. The summed E-state index contributed by atoms with van der Waals surface area (Å²) in [6.07, 6.45) is 0.788. The third-order valence-electron chi connectivity index (χ3n) is 3.02. The molecule has 0 fully saturated rings. The topological polar surface area (TPSA) is 138 Å². The number of rotatable bonds is 7. The van der Waals surface area contributed by atoms with E-state index in [0.717, 1.165) is 25.3 Å². The van der Waals surface area contributed by atoms with Gasteiger partial charge in [-0.15, -0.1) is 0 Å². The third-order valence-corrected chi connectivity index (χ3v) is 3.02. The Morgan fingerprint density at radius 2 is 1.96 bits per heavy atom. The summed E-state index contributed by atoms with van der Waals surface area (Å²) in [7, 11) is 0. The first-order chi connectivity index (χ1) is 11.3. The van der Waals surface area contributed by atoms with Crippen LogP contribution in [0.3, 0.4) is 0 Å². The average Bonchev–Trinajstić information content (AvgIpc) is 2.52. The molecule has 1 aromatic heterocycles.